The molecule has 0 spiro atoms. The third-order valence-electron chi connectivity index (χ3n) is 6.06. The van der Waals surface area contributed by atoms with E-state index in [1.165, 1.54) is 61.5 Å². The molecule has 2 aromatic rings. The summed E-state index contributed by atoms with van der Waals surface area (Å²) in [5.74, 6) is -0.292. The zero-order valence-corrected chi connectivity index (χ0v) is 21.4. The maximum absolute atomic E-state index is 13.1. The summed E-state index contributed by atoms with van der Waals surface area (Å²) in [4.78, 5) is 21.2. The predicted octanol–water partition coefficient (Wildman–Crippen LogP) is 5.08. The third kappa shape index (κ3) is 6.17. The number of aromatic nitrogens is 3. The topological polar surface area (TPSA) is 59.3 Å². The number of fused-ring (bicyclic) bond motifs is 1. The van der Waals surface area contributed by atoms with Crippen LogP contribution in [0.25, 0.3) is 5.65 Å². The number of hydrogen-bond acceptors (Lipinski definition) is 3. The molecule has 0 unspecified atom stereocenters. The maximum atomic E-state index is 13.1. The fourth-order valence-electron chi connectivity index (χ4n) is 4.06. The number of imidazole rings is 1. The van der Waals surface area contributed by atoms with Crippen LogP contribution in [0.4, 0.5) is 10.2 Å². The van der Waals surface area contributed by atoms with Gasteiger partial charge in [0.2, 0.25) is 0 Å². The van der Waals surface area contributed by atoms with Gasteiger partial charge in [0.15, 0.2) is 0 Å². The van der Waals surface area contributed by atoms with E-state index < -0.39 is 33.2 Å². The van der Waals surface area contributed by atoms with Crippen molar-refractivity contribution in [2.24, 2.45) is 5.92 Å². The van der Waals surface area contributed by atoms with Crippen molar-refractivity contribution in [3.63, 3.8) is 0 Å². The SMILES string of the molecule is CCCC[C](CCCC)(CCCC)[Sn][c]1cn2cc(NC(=O)[C@@H]3C[C@@H]3F)nc2cn1. The van der Waals surface area contributed by atoms with Crippen molar-refractivity contribution >= 4 is 42.2 Å². The molecule has 1 fully saturated rings. The summed E-state index contributed by atoms with van der Waals surface area (Å²) in [6, 6.07) is 0. The number of nitrogens with zero attached hydrogens (tertiary/aromatic N) is 3. The van der Waals surface area contributed by atoms with Crippen LogP contribution in [-0.4, -0.2) is 47.6 Å². The Morgan fingerprint density at radius 1 is 1.17 bits per heavy atom. The van der Waals surface area contributed by atoms with Crippen LogP contribution in [0, 0.1) is 5.92 Å². The van der Waals surface area contributed by atoms with Gasteiger partial charge in [-0.1, -0.05) is 0 Å². The second-order valence-corrected chi connectivity index (χ2v) is 13.9. The quantitative estimate of drug-likeness (QED) is 0.374. The molecule has 7 heteroatoms. The average Bonchev–Trinajstić information content (AvgIpc) is 3.34. The van der Waals surface area contributed by atoms with Gasteiger partial charge in [-0.3, -0.25) is 0 Å². The van der Waals surface area contributed by atoms with Crippen molar-refractivity contribution in [1.29, 1.82) is 0 Å². The molecule has 2 heterocycles. The molecule has 2 atom stereocenters. The molecule has 30 heavy (non-hydrogen) atoms. The fourth-order valence-corrected chi connectivity index (χ4v) is 9.14. The number of carbonyl (C=O) groups excluding carboxylic acids is 1. The summed E-state index contributed by atoms with van der Waals surface area (Å²) in [6.07, 6.45) is 16.7. The van der Waals surface area contributed by atoms with Gasteiger partial charge in [-0.2, -0.15) is 0 Å². The van der Waals surface area contributed by atoms with E-state index in [1.54, 1.807) is 0 Å². The van der Waals surface area contributed by atoms with Crippen molar-refractivity contribution in [3.05, 3.63) is 18.6 Å². The first-order valence-corrected chi connectivity index (χ1v) is 14.4. The molecule has 5 nitrogen and oxygen atoms in total. The molecule has 1 aliphatic carbocycles. The molecular formula is C23H35FN4OSn. The normalized spacial score (nSPS) is 18.7. The molecule has 1 N–H and O–H groups in total. The molecule has 3 rings (SSSR count). The van der Waals surface area contributed by atoms with Crippen LogP contribution in [0.15, 0.2) is 18.6 Å². The number of nitrogens with one attached hydrogen (secondary N) is 1. The second kappa shape index (κ2) is 10.9. The van der Waals surface area contributed by atoms with E-state index in [0.717, 1.165) is 5.65 Å². The number of rotatable bonds is 13. The summed E-state index contributed by atoms with van der Waals surface area (Å²) in [7, 11) is 0. The summed E-state index contributed by atoms with van der Waals surface area (Å²) in [5, 5.41) is 2.75. The molecule has 164 valence electrons. The molecule has 1 amide bonds. The average molecular weight is 521 g/mol. The van der Waals surface area contributed by atoms with Gasteiger partial charge in [-0.25, -0.2) is 0 Å². The Bertz CT molecular complexity index is 818. The number of amides is 1. The minimum absolute atomic E-state index is 0.270. The van der Waals surface area contributed by atoms with Crippen LogP contribution < -0.4 is 9.03 Å². The summed E-state index contributed by atoms with van der Waals surface area (Å²) >= 11 is -0.921. The monoisotopic (exact) mass is 522 g/mol. The third-order valence-corrected chi connectivity index (χ3v) is 11.2. The van der Waals surface area contributed by atoms with Crippen molar-refractivity contribution in [2.45, 2.75) is 94.6 Å². The second-order valence-electron chi connectivity index (χ2n) is 8.73. The molecule has 0 bridgehead atoms. The predicted molar refractivity (Wildman–Crippen MR) is 121 cm³/mol. The van der Waals surface area contributed by atoms with Crippen molar-refractivity contribution in [3.8, 4) is 0 Å². The van der Waals surface area contributed by atoms with Gasteiger partial charge >= 0.3 is 190 Å². The Labute approximate surface area is 189 Å². The van der Waals surface area contributed by atoms with Gasteiger partial charge in [-0.15, -0.1) is 0 Å². The zero-order chi connectivity index (χ0) is 21.6. The molecule has 1 saturated carbocycles. The number of unbranched alkanes of at least 4 members (excludes halogenated alkanes) is 3. The van der Waals surface area contributed by atoms with Crippen LogP contribution in [-0.2, 0) is 4.79 Å². The Morgan fingerprint density at radius 3 is 2.30 bits per heavy atom. The van der Waals surface area contributed by atoms with E-state index in [-0.39, 0.29) is 5.91 Å². The van der Waals surface area contributed by atoms with Gasteiger partial charge in [0.1, 0.15) is 0 Å². The van der Waals surface area contributed by atoms with Gasteiger partial charge in [0, 0.05) is 0 Å². The van der Waals surface area contributed by atoms with Crippen molar-refractivity contribution in [1.82, 2.24) is 14.4 Å². The van der Waals surface area contributed by atoms with Crippen LogP contribution in [0.5, 0.6) is 0 Å². The zero-order valence-electron chi connectivity index (χ0n) is 18.6. The molecule has 2 radical (unpaired) electrons. The summed E-state index contributed by atoms with van der Waals surface area (Å²) < 4.78 is 16.8. The number of carbonyl (C=O) groups is 1. The number of hydrogen-bond donors (Lipinski definition) is 1. The summed E-state index contributed by atoms with van der Waals surface area (Å²) in [6.45, 7) is 6.86. The first kappa shape index (κ1) is 23.5. The van der Waals surface area contributed by atoms with E-state index in [2.05, 4.69) is 37.3 Å². The van der Waals surface area contributed by atoms with Crippen LogP contribution >= 0.6 is 0 Å². The molecule has 0 saturated heterocycles. The van der Waals surface area contributed by atoms with Crippen LogP contribution in [0.2, 0.25) is 3.43 Å². The van der Waals surface area contributed by atoms with E-state index in [4.69, 9.17) is 4.98 Å². The van der Waals surface area contributed by atoms with E-state index >= 15 is 0 Å². The first-order chi connectivity index (χ1) is 14.5. The Hall–Kier alpha value is -1.18. The van der Waals surface area contributed by atoms with Gasteiger partial charge in [0.05, 0.1) is 0 Å². The van der Waals surface area contributed by atoms with E-state index in [9.17, 15) is 9.18 Å². The van der Waals surface area contributed by atoms with Gasteiger partial charge in [0.25, 0.3) is 0 Å². The minimum atomic E-state index is -0.995. The Morgan fingerprint density at radius 2 is 1.77 bits per heavy atom. The fraction of sp³-hybridized carbons (Fsp3) is 0.696. The van der Waals surface area contributed by atoms with Crippen LogP contribution in [0.1, 0.15) is 85.0 Å². The molecule has 1 aliphatic rings. The molecule has 0 aromatic carbocycles. The molecule has 0 aliphatic heterocycles. The number of anilines is 1. The van der Waals surface area contributed by atoms with E-state index in [0.29, 0.717) is 15.7 Å². The van der Waals surface area contributed by atoms with Crippen LogP contribution in [0.3, 0.4) is 0 Å². The Kier molecular flexibility index (Phi) is 8.54. The number of alkyl halides is 1. The molecular weight excluding hydrogens is 486 g/mol. The van der Waals surface area contributed by atoms with Gasteiger partial charge in [-0.05, 0) is 0 Å². The van der Waals surface area contributed by atoms with Gasteiger partial charge < -0.3 is 0 Å². The van der Waals surface area contributed by atoms with Crippen molar-refractivity contribution < 1.29 is 9.18 Å². The molecule has 2 aromatic heterocycles. The summed E-state index contributed by atoms with van der Waals surface area (Å²) in [5.41, 5.74) is 0.724. The standard InChI is InChI=1S/C13H27.C10H8FN4O.Sn/c1-4-7-10-13(11-8-5-2)12-9-6-3;11-7-3-6(7)10(16)14-8-5-15-2-1-12-4-9(15)13-8;/h4-12H2,1-3H3;2,4-7H,3H2,(H,14,16);/t;6-,7+;/m.1./s1. The van der Waals surface area contributed by atoms with Crippen molar-refractivity contribution in [2.75, 3.05) is 5.32 Å². The first-order valence-electron chi connectivity index (χ1n) is 11.6. The van der Waals surface area contributed by atoms with E-state index in [1.807, 2.05) is 16.8 Å². The number of halogens is 1. The Balaban J connectivity index is 1.77.